The van der Waals surface area contributed by atoms with Crippen LogP contribution in [0.3, 0.4) is 0 Å². The van der Waals surface area contributed by atoms with Crippen LogP contribution in [0.5, 0.6) is 0 Å². The minimum absolute atomic E-state index is 0.268. The minimum Gasteiger partial charge on any atom is -0.459 e. The highest BCUT2D eigenvalue weighted by atomic mass is 19.1. The first kappa shape index (κ1) is 18.0. The van der Waals surface area contributed by atoms with Gasteiger partial charge in [-0.3, -0.25) is 0 Å². The number of aliphatic imine (C=N–C) groups is 1. The zero-order chi connectivity index (χ0) is 18.7. The van der Waals surface area contributed by atoms with Crippen LogP contribution in [0.1, 0.15) is 35.3 Å². The Morgan fingerprint density at radius 2 is 2.04 bits per heavy atom. The Balaban J connectivity index is 1.74. The summed E-state index contributed by atoms with van der Waals surface area (Å²) in [6.45, 7) is 9.37. The second kappa shape index (κ2) is 7.59. The Morgan fingerprint density at radius 1 is 1.23 bits per heavy atom. The van der Waals surface area contributed by atoms with Crippen LogP contribution in [-0.2, 0) is 13.1 Å². The molecule has 2 heterocycles. The van der Waals surface area contributed by atoms with Crippen molar-refractivity contribution < 1.29 is 13.3 Å². The number of aryl methyl sites for hydroxylation is 3. The number of benzene rings is 1. The van der Waals surface area contributed by atoms with Crippen molar-refractivity contribution in [3.63, 3.8) is 0 Å². The average molecular weight is 358 g/mol. The van der Waals surface area contributed by atoms with E-state index in [1.807, 2.05) is 27.7 Å². The van der Waals surface area contributed by atoms with Gasteiger partial charge in [0.05, 0.1) is 18.8 Å². The summed E-state index contributed by atoms with van der Waals surface area (Å²) >= 11 is 0. The molecule has 0 saturated carbocycles. The molecule has 0 radical (unpaired) electrons. The Morgan fingerprint density at radius 3 is 2.73 bits per heavy atom. The average Bonchev–Trinajstić information content (AvgIpc) is 3.10. The third-order valence-corrected chi connectivity index (χ3v) is 4.33. The molecule has 1 aromatic carbocycles. The number of hydrogen-bond acceptors (Lipinski definition) is 4. The van der Waals surface area contributed by atoms with Gasteiger partial charge in [-0.05, 0) is 45.9 Å². The van der Waals surface area contributed by atoms with Gasteiger partial charge in [-0.25, -0.2) is 9.38 Å². The quantitative estimate of drug-likeness (QED) is 0.537. The van der Waals surface area contributed by atoms with Crippen LogP contribution in [0.25, 0.3) is 11.0 Å². The summed E-state index contributed by atoms with van der Waals surface area (Å²) < 4.78 is 24.4. The number of guanidine groups is 1. The molecule has 0 atom stereocenters. The topological polar surface area (TPSA) is 75.6 Å². The molecule has 0 saturated heterocycles. The number of nitrogens with one attached hydrogen (secondary N) is 2. The first-order valence-electron chi connectivity index (χ1n) is 8.61. The molecule has 0 amide bonds. The zero-order valence-corrected chi connectivity index (χ0v) is 15.4. The van der Waals surface area contributed by atoms with E-state index >= 15 is 0 Å². The van der Waals surface area contributed by atoms with Gasteiger partial charge in [-0.1, -0.05) is 5.16 Å². The summed E-state index contributed by atoms with van der Waals surface area (Å²) in [4.78, 5) is 4.58. The van der Waals surface area contributed by atoms with E-state index in [9.17, 15) is 4.39 Å². The highest BCUT2D eigenvalue weighted by molar-refractivity contribution is 5.83. The van der Waals surface area contributed by atoms with Gasteiger partial charge in [-0.2, -0.15) is 0 Å². The van der Waals surface area contributed by atoms with E-state index in [-0.39, 0.29) is 5.82 Å². The molecule has 0 aliphatic rings. The Kier molecular flexibility index (Phi) is 5.25. The van der Waals surface area contributed by atoms with Gasteiger partial charge in [-0.15, -0.1) is 0 Å². The van der Waals surface area contributed by atoms with Crippen LogP contribution in [0.15, 0.2) is 32.1 Å². The summed E-state index contributed by atoms with van der Waals surface area (Å²) in [7, 11) is 0. The predicted octanol–water partition coefficient (Wildman–Crippen LogP) is 3.74. The van der Waals surface area contributed by atoms with Crippen LogP contribution >= 0.6 is 0 Å². The number of hydrogen-bond donors (Lipinski definition) is 2. The maximum absolute atomic E-state index is 13.4. The smallest absolute Gasteiger partial charge is 0.191 e. The summed E-state index contributed by atoms with van der Waals surface area (Å²) in [6, 6.07) is 4.55. The van der Waals surface area contributed by atoms with E-state index < -0.39 is 0 Å². The molecule has 0 unspecified atom stereocenters. The van der Waals surface area contributed by atoms with Gasteiger partial charge in [0.15, 0.2) is 5.96 Å². The molecule has 138 valence electrons. The second-order valence-electron chi connectivity index (χ2n) is 6.14. The molecule has 3 aromatic rings. The lowest BCUT2D eigenvalue weighted by molar-refractivity contribution is 0.392. The van der Waals surface area contributed by atoms with Crippen molar-refractivity contribution in [2.75, 3.05) is 6.54 Å². The fourth-order valence-electron chi connectivity index (χ4n) is 2.80. The SMILES string of the molecule is CCNC(=NCc1c(C)noc1C)NCc1oc2ccc(F)cc2c1C. The van der Waals surface area contributed by atoms with Gasteiger partial charge in [0.1, 0.15) is 22.9 Å². The summed E-state index contributed by atoms with van der Waals surface area (Å²) in [5, 5.41) is 11.2. The lowest BCUT2D eigenvalue weighted by Crippen LogP contribution is -2.36. The highest BCUT2D eigenvalue weighted by Gasteiger charge is 2.12. The maximum atomic E-state index is 13.4. The predicted molar refractivity (Wildman–Crippen MR) is 98.5 cm³/mol. The number of fused-ring (bicyclic) bond motifs is 1. The van der Waals surface area contributed by atoms with E-state index in [4.69, 9.17) is 8.94 Å². The second-order valence-corrected chi connectivity index (χ2v) is 6.14. The molecule has 26 heavy (non-hydrogen) atoms. The van der Waals surface area contributed by atoms with Crippen LogP contribution in [0.4, 0.5) is 4.39 Å². The number of halogens is 1. The zero-order valence-electron chi connectivity index (χ0n) is 15.4. The van der Waals surface area contributed by atoms with Crippen molar-refractivity contribution in [1.82, 2.24) is 15.8 Å². The molecule has 6 nitrogen and oxygen atoms in total. The lowest BCUT2D eigenvalue weighted by atomic mass is 10.1. The van der Waals surface area contributed by atoms with Gasteiger partial charge < -0.3 is 19.6 Å². The molecule has 7 heteroatoms. The molecular formula is C19H23FN4O2. The number of furan rings is 1. The highest BCUT2D eigenvalue weighted by Crippen LogP contribution is 2.25. The molecule has 0 fully saturated rings. The van der Waals surface area contributed by atoms with Crippen molar-refractivity contribution in [2.24, 2.45) is 4.99 Å². The van der Waals surface area contributed by atoms with Crippen LogP contribution in [-0.4, -0.2) is 17.7 Å². The van der Waals surface area contributed by atoms with E-state index in [1.54, 1.807) is 6.07 Å². The van der Waals surface area contributed by atoms with E-state index in [1.165, 1.54) is 12.1 Å². The van der Waals surface area contributed by atoms with E-state index in [2.05, 4.69) is 20.8 Å². The molecule has 0 bridgehead atoms. The maximum Gasteiger partial charge on any atom is 0.191 e. The summed E-state index contributed by atoms with van der Waals surface area (Å²) in [5.41, 5.74) is 3.43. The molecular weight excluding hydrogens is 335 g/mol. The largest absolute Gasteiger partial charge is 0.459 e. The number of nitrogens with zero attached hydrogens (tertiary/aromatic N) is 2. The summed E-state index contributed by atoms with van der Waals surface area (Å²) in [6.07, 6.45) is 0. The van der Waals surface area contributed by atoms with Gasteiger partial charge >= 0.3 is 0 Å². The fourth-order valence-corrected chi connectivity index (χ4v) is 2.80. The fraction of sp³-hybridized carbons (Fsp3) is 0.368. The van der Waals surface area contributed by atoms with Crippen molar-refractivity contribution in [1.29, 1.82) is 0 Å². The minimum atomic E-state index is -0.268. The monoisotopic (exact) mass is 358 g/mol. The first-order valence-corrected chi connectivity index (χ1v) is 8.61. The summed E-state index contributed by atoms with van der Waals surface area (Å²) in [5.74, 6) is 1.93. The Labute approximate surface area is 151 Å². The normalized spacial score (nSPS) is 12.0. The Hall–Kier alpha value is -2.83. The van der Waals surface area contributed by atoms with E-state index in [0.717, 1.165) is 40.3 Å². The van der Waals surface area contributed by atoms with Crippen molar-refractivity contribution in [3.05, 3.63) is 52.4 Å². The van der Waals surface area contributed by atoms with E-state index in [0.29, 0.717) is 24.6 Å². The molecule has 0 spiro atoms. The number of rotatable bonds is 5. The van der Waals surface area contributed by atoms with Gasteiger partial charge in [0, 0.05) is 23.1 Å². The molecule has 0 aliphatic heterocycles. The van der Waals surface area contributed by atoms with Crippen LogP contribution < -0.4 is 10.6 Å². The molecule has 2 aromatic heterocycles. The Bertz CT molecular complexity index is 923. The standard InChI is InChI=1S/C19H23FN4O2/c1-5-21-19(22-9-16-12(3)24-26-13(16)4)23-10-18-11(2)15-8-14(20)6-7-17(15)25-18/h6-8H,5,9-10H2,1-4H3,(H2,21,22,23). The van der Waals surface area contributed by atoms with Gasteiger partial charge in [0.25, 0.3) is 0 Å². The number of aromatic nitrogens is 1. The third kappa shape index (κ3) is 3.71. The first-order chi connectivity index (χ1) is 12.5. The molecule has 2 N–H and O–H groups in total. The molecule has 3 rings (SSSR count). The van der Waals surface area contributed by atoms with Crippen molar-refractivity contribution >= 4 is 16.9 Å². The van der Waals surface area contributed by atoms with Gasteiger partial charge in [0.2, 0.25) is 0 Å². The van der Waals surface area contributed by atoms with Crippen LogP contribution in [0.2, 0.25) is 0 Å². The van der Waals surface area contributed by atoms with Crippen LogP contribution in [0, 0.1) is 26.6 Å². The lowest BCUT2D eigenvalue weighted by Gasteiger charge is -2.10. The molecule has 0 aliphatic carbocycles. The van der Waals surface area contributed by atoms with Crippen molar-refractivity contribution in [2.45, 2.75) is 40.8 Å². The van der Waals surface area contributed by atoms with Crippen molar-refractivity contribution in [3.8, 4) is 0 Å². The third-order valence-electron chi connectivity index (χ3n) is 4.33.